The lowest BCUT2D eigenvalue weighted by Gasteiger charge is -1.93. The number of carbonyl (C=O) groups is 2. The van der Waals surface area contributed by atoms with Crippen LogP contribution >= 0.6 is 0 Å². The second kappa shape index (κ2) is 11.0. The molecule has 2 N–H and O–H groups in total. The molecule has 0 atom stereocenters. The van der Waals surface area contributed by atoms with Crippen LogP contribution in [0, 0.1) is 0 Å². The summed E-state index contributed by atoms with van der Waals surface area (Å²) >= 11 is 0. The number of hydrogen-bond donors (Lipinski definition) is 2. The van der Waals surface area contributed by atoms with Gasteiger partial charge in [0.25, 0.3) is 0 Å². The molecular weight excluding hydrogens is 192 g/mol. The second-order valence-corrected chi connectivity index (χ2v) is 1.71. The van der Waals surface area contributed by atoms with Crippen LogP contribution in [-0.4, -0.2) is 22.5 Å². The summed E-state index contributed by atoms with van der Waals surface area (Å²) in [6.45, 7) is 3.48. The monoisotopic (exact) mass is 204 g/mol. The molecule has 0 rings (SSSR count). The van der Waals surface area contributed by atoms with Gasteiger partial charge in [0.2, 0.25) is 0 Å². The third-order valence-corrected chi connectivity index (χ3v) is 0.601. The summed E-state index contributed by atoms with van der Waals surface area (Å²) < 4.78 is 8.80. The zero-order valence-corrected chi connectivity index (χ0v) is 7.84. The van der Waals surface area contributed by atoms with Gasteiger partial charge in [0.15, 0.2) is 0 Å². The van der Waals surface area contributed by atoms with Crippen LogP contribution in [0.2, 0.25) is 0 Å². The van der Waals surface area contributed by atoms with Gasteiger partial charge in [-0.3, -0.25) is 0 Å². The standard InChI is InChI=1S/C7H10O3.CH2O3/c1-3-5-9-7(8)10-6-4-2;2-1(3)4/h3-6H,1-2H3;(H2,2,3,4). The number of ether oxygens (including phenoxy) is 2. The van der Waals surface area contributed by atoms with E-state index in [9.17, 15) is 4.79 Å². The van der Waals surface area contributed by atoms with Crippen molar-refractivity contribution in [1.82, 2.24) is 0 Å². The van der Waals surface area contributed by atoms with Crippen molar-refractivity contribution < 1.29 is 29.3 Å². The minimum Gasteiger partial charge on any atom is -0.450 e. The predicted octanol–water partition coefficient (Wildman–Crippen LogP) is 2.43. The number of allylic oxidation sites excluding steroid dienone is 2. The molecule has 0 aromatic rings. The highest BCUT2D eigenvalue weighted by molar-refractivity contribution is 5.61. The fourth-order valence-electron chi connectivity index (χ4n) is 0.275. The Morgan fingerprint density at radius 1 is 1.00 bits per heavy atom. The molecule has 0 aromatic carbocycles. The molecule has 80 valence electrons. The van der Waals surface area contributed by atoms with Gasteiger partial charge in [-0.25, -0.2) is 9.59 Å². The normalized spacial score (nSPS) is 9.29. The van der Waals surface area contributed by atoms with Gasteiger partial charge >= 0.3 is 12.3 Å². The third-order valence-electron chi connectivity index (χ3n) is 0.601. The molecule has 6 nitrogen and oxygen atoms in total. The minimum atomic E-state index is -1.83. The van der Waals surface area contributed by atoms with E-state index in [0.717, 1.165) is 0 Å². The van der Waals surface area contributed by atoms with Crippen molar-refractivity contribution in [1.29, 1.82) is 0 Å². The zero-order valence-electron chi connectivity index (χ0n) is 7.84. The molecule has 0 aromatic heterocycles. The molecule has 0 spiro atoms. The van der Waals surface area contributed by atoms with E-state index in [1.165, 1.54) is 12.5 Å². The van der Waals surface area contributed by atoms with E-state index in [0.29, 0.717) is 0 Å². The first kappa shape index (κ1) is 14.5. The van der Waals surface area contributed by atoms with Gasteiger partial charge in [-0.1, -0.05) is 12.2 Å². The quantitative estimate of drug-likeness (QED) is 0.530. The summed E-state index contributed by atoms with van der Waals surface area (Å²) in [5.41, 5.74) is 0. The lowest BCUT2D eigenvalue weighted by atomic mass is 10.7. The van der Waals surface area contributed by atoms with Crippen LogP contribution in [0.1, 0.15) is 13.8 Å². The maximum Gasteiger partial charge on any atom is 0.518 e. The first-order chi connectivity index (χ1) is 6.54. The fraction of sp³-hybridized carbons (Fsp3) is 0.250. The summed E-state index contributed by atoms with van der Waals surface area (Å²) in [6.07, 6.45) is 3.14. The van der Waals surface area contributed by atoms with Crippen LogP contribution < -0.4 is 0 Å². The average molecular weight is 204 g/mol. The van der Waals surface area contributed by atoms with E-state index >= 15 is 0 Å². The molecular formula is C8H12O6. The van der Waals surface area contributed by atoms with Crippen LogP contribution in [-0.2, 0) is 9.47 Å². The van der Waals surface area contributed by atoms with Crippen molar-refractivity contribution in [3.05, 3.63) is 24.7 Å². The molecule has 0 fully saturated rings. The Bertz CT molecular complexity index is 198. The summed E-state index contributed by atoms with van der Waals surface area (Å²) in [7, 11) is 0. The Morgan fingerprint density at radius 2 is 1.29 bits per heavy atom. The van der Waals surface area contributed by atoms with Crippen molar-refractivity contribution in [3.63, 3.8) is 0 Å². The van der Waals surface area contributed by atoms with E-state index < -0.39 is 12.3 Å². The van der Waals surface area contributed by atoms with Crippen LogP contribution in [0.3, 0.4) is 0 Å². The van der Waals surface area contributed by atoms with Crippen molar-refractivity contribution in [3.8, 4) is 0 Å². The highest BCUT2D eigenvalue weighted by Crippen LogP contribution is 1.86. The largest absolute Gasteiger partial charge is 0.518 e. The van der Waals surface area contributed by atoms with Gasteiger partial charge in [0.05, 0.1) is 12.5 Å². The Morgan fingerprint density at radius 3 is 1.50 bits per heavy atom. The molecule has 0 bridgehead atoms. The lowest BCUT2D eigenvalue weighted by Crippen LogP contribution is -1.97. The smallest absolute Gasteiger partial charge is 0.450 e. The number of rotatable bonds is 2. The van der Waals surface area contributed by atoms with Crippen molar-refractivity contribution in [2.45, 2.75) is 13.8 Å². The van der Waals surface area contributed by atoms with Gasteiger partial charge in [0, 0.05) is 0 Å². The van der Waals surface area contributed by atoms with E-state index in [2.05, 4.69) is 9.47 Å². The molecule has 0 radical (unpaired) electrons. The maximum atomic E-state index is 10.4. The number of carboxylic acid groups (broad SMARTS) is 2. The van der Waals surface area contributed by atoms with Gasteiger partial charge in [-0.15, -0.1) is 0 Å². The zero-order chi connectivity index (χ0) is 11.4. The molecule has 0 aliphatic rings. The van der Waals surface area contributed by atoms with E-state index in [1.54, 1.807) is 26.0 Å². The Hall–Kier alpha value is -1.98. The number of hydrogen-bond acceptors (Lipinski definition) is 4. The number of carbonyl (C=O) groups excluding carboxylic acids is 1. The van der Waals surface area contributed by atoms with Gasteiger partial charge in [0.1, 0.15) is 0 Å². The van der Waals surface area contributed by atoms with Crippen molar-refractivity contribution >= 4 is 12.3 Å². The van der Waals surface area contributed by atoms with Crippen LogP contribution in [0.25, 0.3) is 0 Å². The van der Waals surface area contributed by atoms with Crippen LogP contribution in [0.15, 0.2) is 24.7 Å². The molecule has 0 aliphatic carbocycles. The fourth-order valence-corrected chi connectivity index (χ4v) is 0.275. The highest BCUT2D eigenvalue weighted by Gasteiger charge is 1.94. The third kappa shape index (κ3) is 22.5. The molecule has 0 aliphatic heterocycles. The van der Waals surface area contributed by atoms with Crippen LogP contribution in [0.5, 0.6) is 0 Å². The molecule has 0 unspecified atom stereocenters. The first-order valence-corrected chi connectivity index (χ1v) is 3.56. The first-order valence-electron chi connectivity index (χ1n) is 3.56. The Labute approximate surface area is 81.1 Å². The van der Waals surface area contributed by atoms with E-state index in [1.807, 2.05) is 0 Å². The van der Waals surface area contributed by atoms with E-state index in [-0.39, 0.29) is 0 Å². The molecule has 0 heterocycles. The molecule has 6 heteroatoms. The summed E-state index contributed by atoms with van der Waals surface area (Å²) in [5.74, 6) is 0. The molecule has 0 saturated carbocycles. The molecule has 0 amide bonds. The van der Waals surface area contributed by atoms with Gasteiger partial charge < -0.3 is 19.7 Å². The van der Waals surface area contributed by atoms with Gasteiger partial charge in [-0.05, 0) is 13.8 Å². The summed E-state index contributed by atoms with van der Waals surface area (Å²) in [5, 5.41) is 13.9. The summed E-state index contributed by atoms with van der Waals surface area (Å²) in [4.78, 5) is 19.0. The van der Waals surface area contributed by atoms with Gasteiger partial charge in [-0.2, -0.15) is 0 Å². The van der Waals surface area contributed by atoms with Crippen molar-refractivity contribution in [2.75, 3.05) is 0 Å². The SMILES string of the molecule is CC=COC(=O)OC=CC.O=C(O)O. The minimum absolute atomic E-state index is 0.726. The second-order valence-electron chi connectivity index (χ2n) is 1.71. The van der Waals surface area contributed by atoms with Crippen LogP contribution in [0.4, 0.5) is 9.59 Å². The lowest BCUT2D eigenvalue weighted by molar-refractivity contribution is 0.119. The topological polar surface area (TPSA) is 93.1 Å². The van der Waals surface area contributed by atoms with E-state index in [4.69, 9.17) is 15.0 Å². The highest BCUT2D eigenvalue weighted by atomic mass is 16.7. The summed E-state index contributed by atoms with van der Waals surface area (Å²) in [6, 6.07) is 0. The predicted molar refractivity (Wildman–Crippen MR) is 47.8 cm³/mol. The Kier molecular flexibility index (Phi) is 11.4. The Balaban J connectivity index is 0. The molecule has 0 saturated heterocycles. The van der Waals surface area contributed by atoms with Crippen molar-refractivity contribution in [2.24, 2.45) is 0 Å². The average Bonchev–Trinajstić information content (AvgIpc) is 2.10. The molecule has 14 heavy (non-hydrogen) atoms. The maximum absolute atomic E-state index is 10.4.